The standard InChI is InChI=1S/C19H17BO2/c21-20(22)19(16-10-4-1-5-11-16,17-12-6-2-7-13-17)18-14-8-3-9-15-18/h1-15,21-22H. The zero-order valence-electron chi connectivity index (χ0n) is 12.1. The molecule has 3 heteroatoms. The van der Waals surface area contributed by atoms with E-state index in [4.69, 9.17) is 0 Å². The van der Waals surface area contributed by atoms with E-state index >= 15 is 0 Å². The van der Waals surface area contributed by atoms with E-state index in [0.717, 1.165) is 16.7 Å². The van der Waals surface area contributed by atoms with Crippen LogP contribution < -0.4 is 0 Å². The summed E-state index contributed by atoms with van der Waals surface area (Å²) in [6.07, 6.45) is 0. The van der Waals surface area contributed by atoms with Gasteiger partial charge in [0.05, 0.1) is 5.31 Å². The number of rotatable bonds is 4. The third kappa shape index (κ3) is 2.35. The maximum atomic E-state index is 10.4. The first-order chi connectivity index (χ1) is 10.8. The first kappa shape index (κ1) is 14.6. The molecule has 0 heterocycles. The summed E-state index contributed by atoms with van der Waals surface area (Å²) in [6.45, 7) is 0. The van der Waals surface area contributed by atoms with E-state index in [-0.39, 0.29) is 0 Å². The van der Waals surface area contributed by atoms with Crippen LogP contribution >= 0.6 is 0 Å². The first-order valence-electron chi connectivity index (χ1n) is 7.29. The first-order valence-corrected chi connectivity index (χ1v) is 7.29. The van der Waals surface area contributed by atoms with E-state index in [1.807, 2.05) is 91.0 Å². The van der Waals surface area contributed by atoms with Crippen molar-refractivity contribution in [3.63, 3.8) is 0 Å². The van der Waals surface area contributed by atoms with Crippen molar-refractivity contribution < 1.29 is 10.0 Å². The highest BCUT2D eigenvalue weighted by molar-refractivity contribution is 6.48. The Labute approximate surface area is 130 Å². The van der Waals surface area contributed by atoms with Crippen LogP contribution in [0, 0.1) is 0 Å². The van der Waals surface area contributed by atoms with E-state index in [1.54, 1.807) is 0 Å². The van der Waals surface area contributed by atoms with Crippen LogP contribution in [0.3, 0.4) is 0 Å². The lowest BCUT2D eigenvalue weighted by molar-refractivity contribution is 0.375. The predicted octanol–water partition coefficient (Wildman–Crippen LogP) is 3.03. The molecule has 0 radical (unpaired) electrons. The second kappa shape index (κ2) is 6.18. The van der Waals surface area contributed by atoms with E-state index in [9.17, 15) is 10.0 Å². The smallest absolute Gasteiger partial charge is 0.426 e. The predicted molar refractivity (Wildman–Crippen MR) is 89.4 cm³/mol. The Morgan fingerprint density at radius 2 is 0.773 bits per heavy atom. The van der Waals surface area contributed by atoms with Crippen molar-refractivity contribution in [2.75, 3.05) is 0 Å². The van der Waals surface area contributed by atoms with Crippen LogP contribution in [-0.2, 0) is 5.31 Å². The lowest BCUT2D eigenvalue weighted by Gasteiger charge is -2.35. The van der Waals surface area contributed by atoms with Gasteiger partial charge in [0.1, 0.15) is 0 Å². The van der Waals surface area contributed by atoms with Gasteiger partial charge in [0.25, 0.3) is 0 Å². The van der Waals surface area contributed by atoms with Gasteiger partial charge in [-0.2, -0.15) is 0 Å². The molecule has 0 aliphatic rings. The Hall–Kier alpha value is -2.36. The van der Waals surface area contributed by atoms with Gasteiger partial charge < -0.3 is 10.0 Å². The molecule has 0 aromatic heterocycles. The van der Waals surface area contributed by atoms with E-state index in [0.29, 0.717) is 0 Å². The van der Waals surface area contributed by atoms with Gasteiger partial charge in [-0.15, -0.1) is 0 Å². The average molecular weight is 288 g/mol. The fraction of sp³-hybridized carbons (Fsp3) is 0.0526. The largest absolute Gasteiger partial charge is 0.472 e. The summed E-state index contributed by atoms with van der Waals surface area (Å²) >= 11 is 0. The molecule has 0 amide bonds. The van der Waals surface area contributed by atoms with Crippen molar-refractivity contribution in [2.45, 2.75) is 5.31 Å². The van der Waals surface area contributed by atoms with Crippen molar-refractivity contribution in [3.8, 4) is 0 Å². The molecule has 0 atom stereocenters. The van der Waals surface area contributed by atoms with Gasteiger partial charge in [-0.3, -0.25) is 0 Å². The summed E-state index contributed by atoms with van der Waals surface area (Å²) in [7, 11) is -1.56. The van der Waals surface area contributed by atoms with E-state index in [1.165, 1.54) is 0 Å². The molecule has 3 aromatic carbocycles. The van der Waals surface area contributed by atoms with Gasteiger partial charge in [-0.25, -0.2) is 0 Å². The topological polar surface area (TPSA) is 40.5 Å². The molecule has 108 valence electrons. The molecule has 0 aliphatic heterocycles. The molecule has 22 heavy (non-hydrogen) atoms. The number of benzene rings is 3. The summed E-state index contributed by atoms with van der Waals surface area (Å²) in [5.41, 5.74) is 2.55. The monoisotopic (exact) mass is 288 g/mol. The second-order valence-electron chi connectivity index (χ2n) is 5.28. The molecule has 0 unspecified atom stereocenters. The highest BCUT2D eigenvalue weighted by Crippen LogP contribution is 2.39. The van der Waals surface area contributed by atoms with Crippen LogP contribution in [-0.4, -0.2) is 17.2 Å². The maximum Gasteiger partial charge on any atom is 0.472 e. The Morgan fingerprint density at radius 1 is 0.500 bits per heavy atom. The molecule has 0 saturated heterocycles. The normalized spacial score (nSPS) is 11.2. The maximum absolute atomic E-state index is 10.4. The molecule has 3 rings (SSSR count). The van der Waals surface area contributed by atoms with Crippen molar-refractivity contribution in [1.29, 1.82) is 0 Å². The van der Waals surface area contributed by atoms with Gasteiger partial charge >= 0.3 is 7.12 Å². The third-order valence-electron chi connectivity index (χ3n) is 4.07. The third-order valence-corrected chi connectivity index (χ3v) is 4.07. The average Bonchev–Trinajstić information content (AvgIpc) is 2.58. The van der Waals surface area contributed by atoms with Gasteiger partial charge in [0, 0.05) is 0 Å². The summed E-state index contributed by atoms with van der Waals surface area (Å²) < 4.78 is 0. The molecular weight excluding hydrogens is 271 g/mol. The zero-order valence-corrected chi connectivity index (χ0v) is 12.1. The summed E-state index contributed by atoms with van der Waals surface area (Å²) in [5.74, 6) is 0. The summed E-state index contributed by atoms with van der Waals surface area (Å²) in [6, 6.07) is 28.8. The van der Waals surface area contributed by atoms with E-state index < -0.39 is 12.4 Å². The Balaban J connectivity index is 2.34. The van der Waals surface area contributed by atoms with Crippen LogP contribution in [0.15, 0.2) is 91.0 Å². The molecule has 0 spiro atoms. The summed E-state index contributed by atoms with van der Waals surface area (Å²) in [5, 5.41) is 19.7. The van der Waals surface area contributed by atoms with Crippen LogP contribution in [0.25, 0.3) is 0 Å². The molecule has 2 N–H and O–H groups in total. The van der Waals surface area contributed by atoms with Crippen LogP contribution in [0.2, 0.25) is 0 Å². The van der Waals surface area contributed by atoms with Gasteiger partial charge in [-0.05, 0) is 16.7 Å². The minimum Gasteiger partial charge on any atom is -0.426 e. The highest BCUT2D eigenvalue weighted by atomic mass is 16.4. The molecule has 2 nitrogen and oxygen atoms in total. The Kier molecular flexibility index (Phi) is 4.10. The van der Waals surface area contributed by atoms with Crippen molar-refractivity contribution in [1.82, 2.24) is 0 Å². The van der Waals surface area contributed by atoms with Gasteiger partial charge in [0.15, 0.2) is 0 Å². The molecule has 0 fully saturated rings. The fourth-order valence-corrected chi connectivity index (χ4v) is 3.05. The minimum atomic E-state index is -1.56. The number of hydrogen-bond acceptors (Lipinski definition) is 2. The Morgan fingerprint density at radius 3 is 1.00 bits per heavy atom. The molecule has 0 aliphatic carbocycles. The highest BCUT2D eigenvalue weighted by Gasteiger charge is 2.46. The zero-order chi connectivity index (χ0) is 15.4. The quantitative estimate of drug-likeness (QED) is 0.572. The fourth-order valence-electron chi connectivity index (χ4n) is 3.05. The van der Waals surface area contributed by atoms with Gasteiger partial charge in [0.2, 0.25) is 0 Å². The van der Waals surface area contributed by atoms with Crippen LogP contribution in [0.1, 0.15) is 16.7 Å². The van der Waals surface area contributed by atoms with Crippen LogP contribution in [0.5, 0.6) is 0 Å². The lowest BCUT2D eigenvalue weighted by atomic mass is 9.48. The minimum absolute atomic E-state index is 0.849. The summed E-state index contributed by atoms with van der Waals surface area (Å²) in [4.78, 5) is 0. The SMILES string of the molecule is OB(O)C(c1ccccc1)(c1ccccc1)c1ccccc1. The van der Waals surface area contributed by atoms with Gasteiger partial charge in [-0.1, -0.05) is 91.0 Å². The number of hydrogen-bond donors (Lipinski definition) is 2. The van der Waals surface area contributed by atoms with Crippen molar-refractivity contribution in [2.24, 2.45) is 0 Å². The van der Waals surface area contributed by atoms with Crippen LogP contribution in [0.4, 0.5) is 0 Å². The van der Waals surface area contributed by atoms with Crippen molar-refractivity contribution >= 4 is 7.12 Å². The lowest BCUT2D eigenvalue weighted by Crippen LogP contribution is -2.45. The Bertz CT molecular complexity index is 616. The van der Waals surface area contributed by atoms with Crippen molar-refractivity contribution in [3.05, 3.63) is 108 Å². The molecule has 0 saturated carbocycles. The molecule has 3 aromatic rings. The second-order valence-corrected chi connectivity index (χ2v) is 5.28. The van der Waals surface area contributed by atoms with E-state index in [2.05, 4.69) is 0 Å². The molecular formula is C19H17BO2. The molecule has 0 bridgehead atoms.